The number of phenolic OH excluding ortho intramolecular Hbond substituents is 3. The molecule has 0 radical (unpaired) electrons. The van der Waals surface area contributed by atoms with E-state index in [4.69, 9.17) is 9.84 Å². The summed E-state index contributed by atoms with van der Waals surface area (Å²) in [5.74, 6) is -5.26. The van der Waals surface area contributed by atoms with Gasteiger partial charge in [-0.1, -0.05) is 0 Å². The third-order valence-electron chi connectivity index (χ3n) is 3.82. The van der Waals surface area contributed by atoms with Crippen molar-refractivity contribution in [1.82, 2.24) is 0 Å². The van der Waals surface area contributed by atoms with Crippen LogP contribution in [-0.4, -0.2) is 71.6 Å². The Labute approximate surface area is 134 Å². The normalized spacial score (nSPS) is 29.9. The molecule has 1 aliphatic rings. The van der Waals surface area contributed by atoms with E-state index in [0.717, 1.165) is 12.1 Å². The molecule has 0 unspecified atom stereocenters. The van der Waals surface area contributed by atoms with E-state index in [9.17, 15) is 40.2 Å². The highest BCUT2D eigenvalue weighted by Gasteiger charge is 2.50. The summed E-state index contributed by atoms with van der Waals surface area (Å²) in [7, 11) is 0. The molecular weight excluding hydrogens is 328 g/mol. The summed E-state index contributed by atoms with van der Waals surface area (Å²) in [5, 5.41) is 66.4. The molecule has 10 heteroatoms. The zero-order valence-electron chi connectivity index (χ0n) is 12.2. The van der Waals surface area contributed by atoms with Gasteiger partial charge in [-0.3, -0.25) is 0 Å². The van der Waals surface area contributed by atoms with Crippen LogP contribution in [0.3, 0.4) is 0 Å². The van der Waals surface area contributed by atoms with E-state index in [-0.39, 0.29) is 0 Å². The van der Waals surface area contributed by atoms with Crippen LogP contribution in [-0.2, 0) is 9.53 Å². The summed E-state index contributed by atoms with van der Waals surface area (Å²) in [6.07, 6.45) is -6.12. The first-order chi connectivity index (χ1) is 11.0. The van der Waals surface area contributed by atoms with Crippen molar-refractivity contribution in [2.24, 2.45) is 0 Å². The Hall–Kier alpha value is -2.56. The maximum Gasteiger partial charge on any atom is 0.338 e. The summed E-state index contributed by atoms with van der Waals surface area (Å²) >= 11 is 0. The second-order valence-corrected chi connectivity index (χ2v) is 5.61. The van der Waals surface area contributed by atoms with Gasteiger partial charge in [0.2, 0.25) is 0 Å². The van der Waals surface area contributed by atoms with E-state index in [1.54, 1.807) is 0 Å². The smallest absolute Gasteiger partial charge is 0.338 e. The fourth-order valence-electron chi connectivity index (χ4n) is 2.46. The maximum atomic E-state index is 12.0. The van der Waals surface area contributed by atoms with Crippen molar-refractivity contribution < 1.29 is 50.1 Å². The highest BCUT2D eigenvalue weighted by Crippen LogP contribution is 2.36. The van der Waals surface area contributed by atoms with Crippen molar-refractivity contribution in [1.29, 1.82) is 0 Å². The summed E-state index contributed by atoms with van der Waals surface area (Å²) in [6, 6.07) is 1.57. The van der Waals surface area contributed by atoms with Crippen molar-refractivity contribution in [2.45, 2.75) is 36.8 Å². The van der Waals surface area contributed by atoms with Gasteiger partial charge in [-0.15, -0.1) is 0 Å². The molecule has 2 rings (SSSR count). The number of hydrogen-bond donors (Lipinski definition) is 7. The van der Waals surface area contributed by atoms with Crippen LogP contribution in [0.4, 0.5) is 0 Å². The van der Waals surface area contributed by atoms with Gasteiger partial charge in [-0.2, -0.15) is 0 Å². The molecule has 1 aliphatic carbocycles. The molecule has 10 nitrogen and oxygen atoms in total. The van der Waals surface area contributed by atoms with E-state index in [1.165, 1.54) is 0 Å². The van der Waals surface area contributed by atoms with Crippen LogP contribution in [0.15, 0.2) is 12.1 Å². The number of hydrogen-bond acceptors (Lipinski definition) is 9. The van der Waals surface area contributed by atoms with Crippen LogP contribution >= 0.6 is 0 Å². The predicted molar refractivity (Wildman–Crippen MR) is 74.5 cm³/mol. The number of aromatic hydroxyl groups is 3. The van der Waals surface area contributed by atoms with Gasteiger partial charge in [-0.25, -0.2) is 9.59 Å². The fourth-order valence-corrected chi connectivity index (χ4v) is 2.46. The Morgan fingerprint density at radius 2 is 1.62 bits per heavy atom. The highest BCUT2D eigenvalue weighted by atomic mass is 16.6. The van der Waals surface area contributed by atoms with Gasteiger partial charge in [0.1, 0.15) is 12.2 Å². The minimum Gasteiger partial charge on any atom is -0.504 e. The number of esters is 1. The number of rotatable bonds is 3. The number of aliphatic hydroxyl groups is 3. The lowest BCUT2D eigenvalue weighted by molar-refractivity contribution is -0.187. The molecule has 4 atom stereocenters. The highest BCUT2D eigenvalue weighted by molar-refractivity contribution is 5.91. The Morgan fingerprint density at radius 1 is 1.08 bits per heavy atom. The lowest BCUT2D eigenvalue weighted by Crippen LogP contribution is -2.57. The van der Waals surface area contributed by atoms with Crippen molar-refractivity contribution in [3.8, 4) is 17.2 Å². The van der Waals surface area contributed by atoms with Crippen LogP contribution < -0.4 is 0 Å². The largest absolute Gasteiger partial charge is 0.504 e. The zero-order valence-corrected chi connectivity index (χ0v) is 12.2. The summed E-state index contributed by atoms with van der Waals surface area (Å²) < 4.78 is 4.88. The summed E-state index contributed by atoms with van der Waals surface area (Å²) in [6.45, 7) is 0. The van der Waals surface area contributed by atoms with Crippen LogP contribution in [0.5, 0.6) is 17.2 Å². The van der Waals surface area contributed by atoms with Crippen LogP contribution in [0, 0.1) is 0 Å². The minimum atomic E-state index is -2.39. The Balaban J connectivity index is 2.22. The molecule has 132 valence electrons. The number of carbonyl (C=O) groups excluding carboxylic acids is 1. The number of ether oxygens (including phenoxy) is 1. The number of carboxylic acids is 1. The van der Waals surface area contributed by atoms with Crippen LogP contribution in [0.1, 0.15) is 23.2 Å². The molecule has 1 aromatic carbocycles. The minimum absolute atomic E-state index is 0.395. The number of benzene rings is 1. The Bertz CT molecular complexity index is 649. The maximum absolute atomic E-state index is 12.0. The van der Waals surface area contributed by atoms with E-state index in [0.29, 0.717) is 0 Å². The average molecular weight is 344 g/mol. The molecule has 1 fully saturated rings. The van der Waals surface area contributed by atoms with Crippen molar-refractivity contribution in [2.75, 3.05) is 0 Å². The molecule has 7 N–H and O–H groups in total. The van der Waals surface area contributed by atoms with Gasteiger partial charge in [0.15, 0.2) is 22.8 Å². The molecule has 0 aliphatic heterocycles. The van der Waals surface area contributed by atoms with Gasteiger partial charge in [0, 0.05) is 12.8 Å². The second-order valence-electron chi connectivity index (χ2n) is 5.61. The molecule has 1 saturated carbocycles. The number of phenols is 3. The fraction of sp³-hybridized carbons (Fsp3) is 0.429. The number of aliphatic hydroxyl groups excluding tert-OH is 2. The van der Waals surface area contributed by atoms with Gasteiger partial charge in [-0.05, 0) is 12.1 Å². The molecule has 24 heavy (non-hydrogen) atoms. The van der Waals surface area contributed by atoms with E-state index < -0.39 is 71.5 Å². The second kappa shape index (κ2) is 6.15. The monoisotopic (exact) mass is 344 g/mol. The van der Waals surface area contributed by atoms with Crippen LogP contribution in [0.25, 0.3) is 0 Å². The van der Waals surface area contributed by atoms with Crippen LogP contribution in [0.2, 0.25) is 0 Å². The summed E-state index contributed by atoms with van der Waals surface area (Å²) in [4.78, 5) is 23.1. The number of carboxylic acid groups (broad SMARTS) is 1. The Morgan fingerprint density at radius 3 is 2.12 bits per heavy atom. The quantitative estimate of drug-likeness (QED) is 0.256. The number of carbonyl (C=O) groups is 2. The van der Waals surface area contributed by atoms with Gasteiger partial charge >= 0.3 is 11.9 Å². The summed E-state index contributed by atoms with van der Waals surface area (Å²) in [5.41, 5.74) is -2.78. The Kier molecular flexibility index (Phi) is 4.56. The first kappa shape index (κ1) is 17.8. The first-order valence-electron chi connectivity index (χ1n) is 6.83. The van der Waals surface area contributed by atoms with Crippen molar-refractivity contribution in [3.63, 3.8) is 0 Å². The van der Waals surface area contributed by atoms with E-state index in [2.05, 4.69) is 0 Å². The average Bonchev–Trinajstić information content (AvgIpc) is 2.49. The van der Waals surface area contributed by atoms with Gasteiger partial charge in [0.05, 0.1) is 11.7 Å². The molecule has 0 saturated heterocycles. The zero-order chi connectivity index (χ0) is 18.2. The predicted octanol–water partition coefficient (Wildman–Crippen LogP) is -1.34. The lowest BCUT2D eigenvalue weighted by atomic mass is 9.79. The number of aliphatic carboxylic acids is 1. The standard InChI is InChI=1S/C14H16O10/c15-6-1-5(2-7(16)10(6)18)12(20)24-9-4-14(23,13(21)22)3-8(17)11(9)19/h1-2,8-9,11,15-19,23H,3-4H2,(H,21,22)/t8-,9-,11+,14+/m1/s1. The third-order valence-corrected chi connectivity index (χ3v) is 3.82. The molecule has 0 aromatic heterocycles. The van der Waals surface area contributed by atoms with Gasteiger partial charge in [0.25, 0.3) is 0 Å². The first-order valence-corrected chi connectivity index (χ1v) is 6.83. The molecular formula is C14H16O10. The van der Waals surface area contributed by atoms with Gasteiger partial charge < -0.3 is 40.5 Å². The third kappa shape index (κ3) is 3.20. The molecule has 1 aromatic rings. The SMILES string of the molecule is O=C(O[C@@H]1C[C@](O)(C(=O)O)C[C@@H](O)[C@@H]1O)c1cc(O)c(O)c(O)c1. The molecule has 0 spiro atoms. The molecule has 0 amide bonds. The van der Waals surface area contributed by atoms with E-state index >= 15 is 0 Å². The molecule has 0 heterocycles. The van der Waals surface area contributed by atoms with E-state index in [1.807, 2.05) is 0 Å². The van der Waals surface area contributed by atoms with Crippen molar-refractivity contribution in [3.05, 3.63) is 17.7 Å². The molecule has 0 bridgehead atoms. The topological polar surface area (TPSA) is 185 Å². The van der Waals surface area contributed by atoms with Crippen molar-refractivity contribution >= 4 is 11.9 Å². The lowest BCUT2D eigenvalue weighted by Gasteiger charge is -2.39.